The van der Waals surface area contributed by atoms with Crippen molar-refractivity contribution in [3.05, 3.63) is 58.9 Å². The van der Waals surface area contributed by atoms with E-state index in [4.69, 9.17) is 14.2 Å². The number of carbonyl (C=O) groups is 2. The van der Waals surface area contributed by atoms with Crippen molar-refractivity contribution in [1.82, 2.24) is 4.90 Å². The molecule has 2 aliphatic rings. The maximum absolute atomic E-state index is 13.9. The largest absolute Gasteiger partial charge is 0.467 e. The summed E-state index contributed by atoms with van der Waals surface area (Å²) < 4.78 is 30.0. The molecular formula is C22H22FNO5S. The highest BCUT2D eigenvalue weighted by molar-refractivity contribution is 8.00. The molecule has 8 heteroatoms. The van der Waals surface area contributed by atoms with E-state index in [1.54, 1.807) is 18.2 Å². The van der Waals surface area contributed by atoms with Crippen LogP contribution in [-0.4, -0.2) is 42.4 Å². The van der Waals surface area contributed by atoms with Crippen molar-refractivity contribution in [2.75, 3.05) is 25.6 Å². The Balaban J connectivity index is 1.42. The molecule has 0 radical (unpaired) electrons. The predicted octanol–water partition coefficient (Wildman–Crippen LogP) is 3.76. The van der Waals surface area contributed by atoms with Crippen molar-refractivity contribution < 1.29 is 28.2 Å². The molecule has 0 unspecified atom stereocenters. The van der Waals surface area contributed by atoms with Crippen molar-refractivity contribution in [3.63, 3.8) is 0 Å². The van der Waals surface area contributed by atoms with Gasteiger partial charge in [-0.15, -0.1) is 11.8 Å². The lowest BCUT2D eigenvalue weighted by Gasteiger charge is -2.20. The van der Waals surface area contributed by atoms with Crippen molar-refractivity contribution in [2.45, 2.75) is 31.0 Å². The molecule has 2 aromatic rings. The second-order valence-corrected chi connectivity index (χ2v) is 8.13. The minimum atomic E-state index is -0.531. The summed E-state index contributed by atoms with van der Waals surface area (Å²) in [4.78, 5) is 27.5. The van der Waals surface area contributed by atoms with Crippen LogP contribution in [0, 0.1) is 5.82 Å². The molecule has 0 aromatic heterocycles. The van der Waals surface area contributed by atoms with E-state index in [1.165, 1.54) is 23.9 Å². The third kappa shape index (κ3) is 4.76. The summed E-state index contributed by atoms with van der Waals surface area (Å²) in [6.07, 6.45) is 2.08. The molecule has 0 saturated carbocycles. The molecule has 1 amide bonds. The number of carbonyl (C=O) groups excluding carboxylic acids is 2. The molecule has 6 nitrogen and oxygen atoms in total. The average Bonchev–Trinajstić information content (AvgIpc) is 3.31. The van der Waals surface area contributed by atoms with E-state index >= 15 is 0 Å². The fourth-order valence-electron chi connectivity index (χ4n) is 3.54. The molecule has 0 bridgehead atoms. The van der Waals surface area contributed by atoms with Gasteiger partial charge >= 0.3 is 5.97 Å². The van der Waals surface area contributed by atoms with Crippen LogP contribution < -0.4 is 4.74 Å². The first-order valence-corrected chi connectivity index (χ1v) is 10.8. The fraction of sp³-hybridized carbons (Fsp3) is 0.364. The Morgan fingerprint density at radius 3 is 2.80 bits per heavy atom. The Morgan fingerprint density at radius 2 is 1.97 bits per heavy atom. The highest BCUT2D eigenvalue weighted by atomic mass is 32.2. The molecule has 2 aromatic carbocycles. The summed E-state index contributed by atoms with van der Waals surface area (Å²) in [5.41, 5.74) is 1.42. The van der Waals surface area contributed by atoms with Gasteiger partial charge in [0.05, 0.1) is 17.9 Å². The van der Waals surface area contributed by atoms with Gasteiger partial charge in [0, 0.05) is 29.1 Å². The summed E-state index contributed by atoms with van der Waals surface area (Å²) in [6.45, 7) is 1.80. The van der Waals surface area contributed by atoms with Crippen molar-refractivity contribution in [1.29, 1.82) is 0 Å². The quantitative estimate of drug-likeness (QED) is 0.513. The van der Waals surface area contributed by atoms with Crippen LogP contribution >= 0.6 is 11.8 Å². The molecule has 158 valence electrons. The van der Waals surface area contributed by atoms with Gasteiger partial charge in [-0.2, -0.15) is 0 Å². The molecule has 0 atom stereocenters. The number of thioether (sulfide) groups is 1. The third-order valence-electron chi connectivity index (χ3n) is 5.03. The number of likely N-dealkylation sites (tertiary alicyclic amines) is 1. The van der Waals surface area contributed by atoms with Gasteiger partial charge < -0.3 is 19.1 Å². The zero-order chi connectivity index (χ0) is 20.9. The topological polar surface area (TPSA) is 65.1 Å². The number of nitrogens with zero attached hydrogens (tertiary/aromatic N) is 1. The fourth-order valence-corrected chi connectivity index (χ4v) is 4.49. The molecule has 30 heavy (non-hydrogen) atoms. The van der Waals surface area contributed by atoms with Gasteiger partial charge in [0.25, 0.3) is 0 Å². The van der Waals surface area contributed by atoms with Crippen molar-refractivity contribution >= 4 is 23.6 Å². The Kier molecular flexibility index (Phi) is 6.54. The maximum Gasteiger partial charge on any atom is 0.339 e. The second kappa shape index (κ2) is 9.49. The minimum absolute atomic E-state index is 0.0735. The zero-order valence-corrected chi connectivity index (χ0v) is 17.2. The molecular weight excluding hydrogens is 409 g/mol. The van der Waals surface area contributed by atoms with Crippen LogP contribution in [0.15, 0.2) is 41.3 Å². The average molecular weight is 431 g/mol. The van der Waals surface area contributed by atoms with E-state index in [2.05, 4.69) is 0 Å². The lowest BCUT2D eigenvalue weighted by Crippen LogP contribution is -2.29. The van der Waals surface area contributed by atoms with E-state index in [-0.39, 0.29) is 31.7 Å². The van der Waals surface area contributed by atoms with E-state index < -0.39 is 11.8 Å². The van der Waals surface area contributed by atoms with E-state index in [0.29, 0.717) is 27.3 Å². The SMILES string of the molecule is O=C(OCc1cc(F)cc2c1OCOC2)c1ccccc1SCC(=O)N1CCCC1. The molecule has 1 fully saturated rings. The maximum atomic E-state index is 13.9. The first-order chi connectivity index (χ1) is 14.6. The molecule has 0 N–H and O–H groups in total. The highest BCUT2D eigenvalue weighted by Gasteiger charge is 2.21. The van der Waals surface area contributed by atoms with Crippen LogP contribution in [0.2, 0.25) is 0 Å². The minimum Gasteiger partial charge on any atom is -0.467 e. The van der Waals surface area contributed by atoms with Gasteiger partial charge in [0.15, 0.2) is 6.79 Å². The monoisotopic (exact) mass is 431 g/mol. The van der Waals surface area contributed by atoms with Crippen LogP contribution in [-0.2, 0) is 27.5 Å². The number of amides is 1. The lowest BCUT2D eigenvalue weighted by molar-refractivity contribution is -0.127. The Bertz CT molecular complexity index is 945. The Hall–Kier alpha value is -2.58. The first kappa shape index (κ1) is 20.7. The lowest BCUT2D eigenvalue weighted by atomic mass is 10.1. The van der Waals surface area contributed by atoms with Gasteiger partial charge in [-0.25, -0.2) is 9.18 Å². The van der Waals surface area contributed by atoms with Gasteiger partial charge in [-0.05, 0) is 37.1 Å². The van der Waals surface area contributed by atoms with Crippen LogP contribution in [0.4, 0.5) is 4.39 Å². The number of rotatable bonds is 6. The van der Waals surface area contributed by atoms with E-state index in [0.717, 1.165) is 25.9 Å². The van der Waals surface area contributed by atoms with E-state index in [1.807, 2.05) is 11.0 Å². The van der Waals surface area contributed by atoms with Crippen LogP contribution in [0.3, 0.4) is 0 Å². The number of benzene rings is 2. The molecule has 1 saturated heterocycles. The number of ether oxygens (including phenoxy) is 3. The summed E-state index contributed by atoms with van der Waals surface area (Å²) >= 11 is 1.32. The number of halogens is 1. The molecule has 0 aliphatic carbocycles. The molecule has 4 rings (SSSR count). The standard InChI is InChI=1S/C22H22FNO5S/c23-17-9-15-11-27-14-29-21(15)16(10-17)12-28-22(26)18-5-1-2-6-19(18)30-13-20(25)24-7-3-4-8-24/h1-2,5-6,9-10H,3-4,7-8,11-14H2. The molecule has 2 heterocycles. The van der Waals surface area contributed by atoms with Gasteiger partial charge in [-0.3, -0.25) is 4.79 Å². The van der Waals surface area contributed by atoms with Crippen LogP contribution in [0.25, 0.3) is 0 Å². The summed E-state index contributed by atoms with van der Waals surface area (Å²) in [6, 6.07) is 9.67. The number of hydrogen-bond donors (Lipinski definition) is 0. The number of fused-ring (bicyclic) bond motifs is 1. The van der Waals surface area contributed by atoms with Crippen molar-refractivity contribution in [3.8, 4) is 5.75 Å². The van der Waals surface area contributed by atoms with Gasteiger partial charge in [0.1, 0.15) is 18.2 Å². The normalized spacial score (nSPS) is 15.4. The summed E-state index contributed by atoms with van der Waals surface area (Å²) in [7, 11) is 0. The highest BCUT2D eigenvalue weighted by Crippen LogP contribution is 2.31. The number of esters is 1. The van der Waals surface area contributed by atoms with Gasteiger partial charge in [0.2, 0.25) is 5.91 Å². The molecule has 2 aliphatic heterocycles. The summed E-state index contributed by atoms with van der Waals surface area (Å²) in [5, 5.41) is 0. The second-order valence-electron chi connectivity index (χ2n) is 7.11. The zero-order valence-electron chi connectivity index (χ0n) is 16.4. The smallest absolute Gasteiger partial charge is 0.339 e. The Labute approximate surface area is 178 Å². The van der Waals surface area contributed by atoms with Gasteiger partial charge in [-0.1, -0.05) is 12.1 Å². The van der Waals surface area contributed by atoms with Crippen molar-refractivity contribution in [2.24, 2.45) is 0 Å². The van der Waals surface area contributed by atoms with E-state index in [9.17, 15) is 14.0 Å². The first-order valence-electron chi connectivity index (χ1n) is 9.80. The third-order valence-corrected chi connectivity index (χ3v) is 6.09. The Morgan fingerprint density at radius 1 is 1.17 bits per heavy atom. The summed E-state index contributed by atoms with van der Waals surface area (Å²) in [5.74, 6) is -0.127. The van der Waals surface area contributed by atoms with Crippen LogP contribution in [0.1, 0.15) is 34.3 Å². The number of hydrogen-bond acceptors (Lipinski definition) is 6. The van der Waals surface area contributed by atoms with Crippen LogP contribution in [0.5, 0.6) is 5.75 Å². The molecule has 0 spiro atoms. The predicted molar refractivity (Wildman–Crippen MR) is 109 cm³/mol.